The summed E-state index contributed by atoms with van der Waals surface area (Å²) < 4.78 is 13.7. The Labute approximate surface area is 326 Å². The third-order valence-electron chi connectivity index (χ3n) is 7.46. The number of thioether (sulfide) groups is 2. The number of nitrogens with zero attached hydrogens (tertiary/aromatic N) is 10. The van der Waals surface area contributed by atoms with E-state index in [1.807, 2.05) is 0 Å². The molecular formula is C31H31N11O11S3. The average molecular weight is 830 g/mol. The highest BCUT2D eigenvalue weighted by molar-refractivity contribution is 8.00. The second-order valence-corrected chi connectivity index (χ2v) is 14.5. The number of imidazole rings is 1. The van der Waals surface area contributed by atoms with E-state index in [0.717, 1.165) is 59.8 Å². The quantitative estimate of drug-likeness (QED) is 0.0368. The molecule has 7 rings (SSSR count). The molecule has 7 aromatic rings. The Morgan fingerprint density at radius 1 is 0.554 bits per heavy atom. The molecule has 0 saturated carbocycles. The standard InChI is InChI=1S/C12H15N3O4S.C10H11N3O4S.C9H5N5O3S/c16-7-3-1-2-4-8-20-10-6-5-9(15(17)18)11-12(10)14-19-13-11;14-5-1-2-6-18-8-4-3-7(13(15)16)9-10(8)12-17-11-9;15-14(16)5-1-2-6(8-7(5)12-17-13-8)18-9-10-3-4-11-9/h5-6,16H,1-4,7-8H2;3-4,14H,1-2,5-6H2;1-4H,(H,10,11). The van der Waals surface area contributed by atoms with E-state index >= 15 is 0 Å². The zero-order valence-electron chi connectivity index (χ0n) is 29.0. The Kier molecular flexibility index (Phi) is 15.4. The van der Waals surface area contributed by atoms with Gasteiger partial charge in [0, 0.05) is 58.5 Å². The molecule has 0 aliphatic heterocycles. The number of aliphatic hydroxyl groups is 2. The lowest BCUT2D eigenvalue weighted by Crippen LogP contribution is -1.91. The predicted octanol–water partition coefficient (Wildman–Crippen LogP) is 6.78. The lowest BCUT2D eigenvalue weighted by molar-refractivity contribution is -0.383. The molecular weight excluding hydrogens is 799 g/mol. The molecule has 0 spiro atoms. The number of H-pyrrole nitrogens is 1. The highest BCUT2D eigenvalue weighted by Crippen LogP contribution is 2.35. The van der Waals surface area contributed by atoms with Gasteiger partial charge >= 0.3 is 17.1 Å². The lowest BCUT2D eigenvalue weighted by Gasteiger charge is -2.02. The van der Waals surface area contributed by atoms with Gasteiger partial charge in [0.15, 0.2) is 21.7 Å². The van der Waals surface area contributed by atoms with Crippen LogP contribution in [0.5, 0.6) is 0 Å². The maximum absolute atomic E-state index is 10.9. The molecule has 3 N–H and O–H groups in total. The fraction of sp³-hybridized carbons (Fsp3) is 0.323. The summed E-state index contributed by atoms with van der Waals surface area (Å²) in [4.78, 5) is 40.2. The van der Waals surface area contributed by atoms with Gasteiger partial charge in [-0.3, -0.25) is 30.3 Å². The SMILES string of the molecule is O=[N+]([O-])c1ccc(SCCCCCCO)c2nonc12.O=[N+]([O-])c1ccc(SCCCCO)c2nonc12.O=[N+]([O-])c1ccc(Sc2ncc[nH]2)c2nonc12. The number of fused-ring (bicyclic) bond motifs is 3. The molecule has 4 heterocycles. The zero-order valence-corrected chi connectivity index (χ0v) is 31.4. The molecule has 0 fully saturated rings. The first-order chi connectivity index (χ1) is 27.2. The molecule has 4 aromatic heterocycles. The van der Waals surface area contributed by atoms with Gasteiger partial charge in [0.25, 0.3) is 0 Å². The van der Waals surface area contributed by atoms with Crippen LogP contribution in [0.3, 0.4) is 0 Å². The van der Waals surface area contributed by atoms with E-state index in [1.54, 1.807) is 42.4 Å². The number of nitrogens with one attached hydrogen (secondary N) is 1. The van der Waals surface area contributed by atoms with E-state index < -0.39 is 14.8 Å². The van der Waals surface area contributed by atoms with E-state index in [0.29, 0.717) is 26.6 Å². The molecule has 56 heavy (non-hydrogen) atoms. The van der Waals surface area contributed by atoms with Crippen molar-refractivity contribution in [1.29, 1.82) is 0 Å². The van der Waals surface area contributed by atoms with E-state index in [1.165, 1.54) is 41.7 Å². The number of unbranched alkanes of at least 4 members (excludes halogenated alkanes) is 4. The van der Waals surface area contributed by atoms with Crippen LogP contribution < -0.4 is 0 Å². The van der Waals surface area contributed by atoms with E-state index in [2.05, 4.69) is 54.8 Å². The molecule has 294 valence electrons. The number of nitro groups is 3. The second-order valence-electron chi connectivity index (χ2n) is 11.2. The normalized spacial score (nSPS) is 11.0. The highest BCUT2D eigenvalue weighted by atomic mass is 32.2. The average Bonchev–Trinajstić information content (AvgIpc) is 4.03. The molecule has 25 heteroatoms. The molecule has 0 amide bonds. The van der Waals surface area contributed by atoms with Crippen LogP contribution in [0.25, 0.3) is 33.1 Å². The van der Waals surface area contributed by atoms with Crippen molar-refractivity contribution in [2.45, 2.75) is 58.4 Å². The summed E-state index contributed by atoms with van der Waals surface area (Å²) in [5, 5.41) is 72.3. The first-order valence-corrected chi connectivity index (χ1v) is 19.4. The third-order valence-corrected chi connectivity index (χ3v) is 10.7. The van der Waals surface area contributed by atoms with Gasteiger partial charge in [0.2, 0.25) is 16.6 Å². The molecule has 0 bridgehead atoms. The summed E-state index contributed by atoms with van der Waals surface area (Å²) in [7, 11) is 0. The summed E-state index contributed by atoms with van der Waals surface area (Å²) >= 11 is 4.40. The van der Waals surface area contributed by atoms with Gasteiger partial charge in [-0.2, -0.15) is 0 Å². The topological polar surface area (TPSA) is 315 Å². The Morgan fingerprint density at radius 3 is 1.38 bits per heavy atom. The van der Waals surface area contributed by atoms with Crippen molar-refractivity contribution in [2.24, 2.45) is 0 Å². The highest BCUT2D eigenvalue weighted by Gasteiger charge is 2.22. The largest absolute Gasteiger partial charge is 0.396 e. The summed E-state index contributed by atoms with van der Waals surface area (Å²) in [5.41, 5.74) is 1.39. The van der Waals surface area contributed by atoms with Crippen LogP contribution in [0.4, 0.5) is 17.1 Å². The van der Waals surface area contributed by atoms with Crippen molar-refractivity contribution in [2.75, 3.05) is 24.7 Å². The van der Waals surface area contributed by atoms with Crippen LogP contribution in [-0.4, -0.2) is 90.6 Å². The van der Waals surface area contributed by atoms with Crippen molar-refractivity contribution < 1.29 is 38.9 Å². The van der Waals surface area contributed by atoms with Crippen LogP contribution in [0.1, 0.15) is 38.5 Å². The number of rotatable bonds is 17. The Balaban J connectivity index is 0.000000161. The molecule has 0 aliphatic rings. The minimum Gasteiger partial charge on any atom is -0.396 e. The number of aromatic nitrogens is 8. The summed E-state index contributed by atoms with van der Waals surface area (Å²) in [6, 6.07) is 9.13. The van der Waals surface area contributed by atoms with Crippen LogP contribution >= 0.6 is 35.3 Å². The monoisotopic (exact) mass is 829 g/mol. The Hall–Kier alpha value is -5.76. The fourth-order valence-corrected chi connectivity index (χ4v) is 7.63. The molecule has 3 aromatic carbocycles. The second kappa shape index (κ2) is 20.8. The number of nitro benzene ring substituents is 3. The van der Waals surface area contributed by atoms with Gasteiger partial charge in [0.1, 0.15) is 0 Å². The maximum Gasteiger partial charge on any atom is 0.300 e. The lowest BCUT2D eigenvalue weighted by atomic mass is 10.2. The smallest absolute Gasteiger partial charge is 0.300 e. The van der Waals surface area contributed by atoms with Crippen molar-refractivity contribution in [1.82, 2.24) is 40.9 Å². The molecule has 0 saturated heterocycles. The van der Waals surface area contributed by atoms with Gasteiger partial charge in [-0.15, -0.1) is 23.5 Å². The van der Waals surface area contributed by atoms with Crippen molar-refractivity contribution in [3.63, 3.8) is 0 Å². The third kappa shape index (κ3) is 10.7. The maximum atomic E-state index is 10.9. The summed E-state index contributed by atoms with van der Waals surface area (Å²) in [6.45, 7) is 0.405. The number of non-ortho nitro benzene ring substituents is 3. The van der Waals surface area contributed by atoms with E-state index in [4.69, 9.17) is 10.2 Å². The summed E-state index contributed by atoms with van der Waals surface area (Å²) in [6.07, 6.45) is 8.83. The van der Waals surface area contributed by atoms with Gasteiger partial charge in [-0.1, -0.05) is 12.8 Å². The minimum atomic E-state index is -0.520. The van der Waals surface area contributed by atoms with Crippen molar-refractivity contribution in [3.05, 3.63) is 79.1 Å². The summed E-state index contributed by atoms with van der Waals surface area (Å²) in [5.74, 6) is 1.70. The minimum absolute atomic E-state index is 0.0893. The van der Waals surface area contributed by atoms with Crippen LogP contribution in [0.15, 0.2) is 82.5 Å². The van der Waals surface area contributed by atoms with Gasteiger partial charge in [-0.05, 0) is 98.1 Å². The first-order valence-electron chi connectivity index (χ1n) is 16.6. The Morgan fingerprint density at radius 2 is 0.946 bits per heavy atom. The van der Waals surface area contributed by atoms with Crippen molar-refractivity contribution >= 4 is 85.4 Å². The Bertz CT molecular complexity index is 2370. The first kappa shape index (κ1) is 41.4. The number of aliphatic hydroxyl groups excluding tert-OH is 2. The van der Waals surface area contributed by atoms with Crippen molar-refractivity contribution in [3.8, 4) is 0 Å². The van der Waals surface area contributed by atoms with Crippen LogP contribution in [-0.2, 0) is 0 Å². The zero-order chi connectivity index (χ0) is 39.9. The molecule has 0 atom stereocenters. The predicted molar refractivity (Wildman–Crippen MR) is 201 cm³/mol. The van der Waals surface area contributed by atoms with Gasteiger partial charge in [-0.25, -0.2) is 18.9 Å². The number of hydrogen-bond donors (Lipinski definition) is 3. The molecule has 22 nitrogen and oxygen atoms in total. The number of aromatic amines is 1. The van der Waals surface area contributed by atoms with Gasteiger partial charge < -0.3 is 15.2 Å². The fourth-order valence-electron chi connectivity index (χ4n) is 4.81. The molecule has 0 radical (unpaired) electrons. The molecule has 0 unspecified atom stereocenters. The van der Waals surface area contributed by atoms with Crippen LogP contribution in [0, 0.1) is 30.3 Å². The number of benzene rings is 3. The van der Waals surface area contributed by atoms with Crippen LogP contribution in [0.2, 0.25) is 0 Å². The van der Waals surface area contributed by atoms with E-state index in [-0.39, 0.29) is 46.8 Å². The number of hydrogen-bond acceptors (Lipinski definition) is 21. The van der Waals surface area contributed by atoms with Gasteiger partial charge in [0.05, 0.1) is 14.8 Å². The molecule has 0 aliphatic carbocycles. The van der Waals surface area contributed by atoms with E-state index in [9.17, 15) is 30.3 Å².